The molecule has 0 aliphatic rings. The van der Waals surface area contributed by atoms with Crippen LogP contribution >= 0.6 is 0 Å². The number of hydrogen-bond acceptors (Lipinski definition) is 20. The number of aromatic hydroxyl groups is 1. The van der Waals surface area contributed by atoms with Crippen LogP contribution in [-0.2, 0) is 80.0 Å². The number of aliphatic hydroxyl groups excluding tert-OH is 2. The number of carboxylic acids is 2. The first-order valence-corrected chi connectivity index (χ1v) is 32.3. The van der Waals surface area contributed by atoms with Crippen molar-refractivity contribution in [1.82, 2.24) is 53.2 Å². The smallest absolute Gasteiger partial charge is 0.328 e. The Morgan fingerprint density at radius 3 is 1.40 bits per heavy atom. The molecular weight excluding hydrogens is 1300 g/mol. The molecule has 0 aromatic heterocycles. The molecule has 0 aliphatic heterocycles. The van der Waals surface area contributed by atoms with Crippen LogP contribution in [0, 0.1) is 11.8 Å². The molecule has 0 saturated heterocycles. The van der Waals surface area contributed by atoms with Gasteiger partial charge >= 0.3 is 11.9 Å². The number of phenolic OH excluding ortho intramolecular Hbond substituents is 1. The van der Waals surface area contributed by atoms with E-state index in [1.165, 1.54) is 24.3 Å². The lowest BCUT2D eigenvalue weighted by molar-refractivity contribution is -0.145. The number of primary amides is 2. The summed E-state index contributed by atoms with van der Waals surface area (Å²) in [7, 11) is 0. The Balaban J connectivity index is 2.65. The number of amides is 12. The van der Waals surface area contributed by atoms with Gasteiger partial charge in [-0.15, -0.1) is 0 Å². The molecule has 0 fully saturated rings. The monoisotopic (exact) mass is 1400 g/mol. The Hall–Kier alpha value is -10.1. The third kappa shape index (κ3) is 32.2. The van der Waals surface area contributed by atoms with Gasteiger partial charge in [-0.1, -0.05) is 76.6 Å². The van der Waals surface area contributed by atoms with E-state index >= 15 is 0 Å². The second-order valence-corrected chi connectivity index (χ2v) is 24.2. The number of nitrogens with one attached hydrogen (secondary N) is 10. The van der Waals surface area contributed by atoms with Gasteiger partial charge in [0.25, 0.3) is 0 Å². The molecule has 0 aliphatic carbocycles. The van der Waals surface area contributed by atoms with Crippen molar-refractivity contribution in [2.75, 3.05) is 19.7 Å². The maximum absolute atomic E-state index is 14.8. The van der Waals surface area contributed by atoms with Gasteiger partial charge in [0, 0.05) is 32.2 Å². The largest absolute Gasteiger partial charge is 0.508 e. The van der Waals surface area contributed by atoms with Crippen LogP contribution < -0.4 is 87.6 Å². The van der Waals surface area contributed by atoms with Gasteiger partial charge in [0.1, 0.15) is 60.1 Å². The number of rotatable bonds is 47. The molecule has 2 aromatic carbocycles. The van der Waals surface area contributed by atoms with E-state index in [9.17, 15) is 87.5 Å². The Kier molecular flexibility index (Phi) is 37.8. The highest BCUT2D eigenvalue weighted by atomic mass is 16.4. The van der Waals surface area contributed by atoms with E-state index < -0.39 is 194 Å². The summed E-state index contributed by atoms with van der Waals surface area (Å²) in [5, 5.41) is 73.3. The molecule has 27 N–H and O–H groups in total. The van der Waals surface area contributed by atoms with Gasteiger partial charge in [0.2, 0.25) is 70.9 Å². The van der Waals surface area contributed by atoms with E-state index in [4.69, 9.17) is 39.5 Å². The summed E-state index contributed by atoms with van der Waals surface area (Å²) in [6.07, 6.45) is -4.53. The third-order valence-electron chi connectivity index (χ3n) is 15.4. The maximum Gasteiger partial charge on any atom is 0.328 e. The number of aliphatic carboxylic acids is 2. The molecular formula is C63H99N17O19. The number of hydrogen-bond donors (Lipinski definition) is 21. The first kappa shape index (κ1) is 85.0. The molecule has 2 aromatic rings. The predicted molar refractivity (Wildman–Crippen MR) is 356 cm³/mol. The molecule has 36 heteroatoms. The SMILES string of the molecule is CC[C@H](C)[C@H](NC(=O)[C@H](CC(C)C)NC(=O)[C@H](CC(N)=O)NC(=O)[C@@H](N)CCC(=O)O)C(=O)N[C@@H](Cc1ccccc1)C(=O)N[C@@H](CCC(N)=O)C(=O)N[C@@H](CCCCN)C(=O)N[C@@H](CCCN=C(N)N)C(=O)N[C@@H](Cc1ccc(O)cc1)C(=O)N[C@@H](CO)C(=O)N[C@H](C(=O)O)[C@@H](C)O. The van der Waals surface area contributed by atoms with E-state index in [0.29, 0.717) is 17.5 Å². The van der Waals surface area contributed by atoms with Crippen molar-refractivity contribution >= 4 is 88.8 Å². The fourth-order valence-electron chi connectivity index (χ4n) is 9.72. The average molecular weight is 1400 g/mol. The number of phenols is 1. The molecule has 0 saturated carbocycles. The van der Waals surface area contributed by atoms with Crippen LogP contribution in [0.4, 0.5) is 0 Å². The zero-order chi connectivity index (χ0) is 74.6. The molecule has 2 rings (SSSR count). The Labute approximate surface area is 572 Å². The predicted octanol–water partition coefficient (Wildman–Crippen LogP) is -5.91. The fraction of sp³-hybridized carbons (Fsp3) is 0.571. The number of nitrogens with zero attached hydrogens (tertiary/aromatic N) is 1. The molecule has 36 nitrogen and oxygen atoms in total. The summed E-state index contributed by atoms with van der Waals surface area (Å²) in [6.45, 7) is 6.76. The number of unbranched alkanes of at least 4 members (excludes halogenated alkanes) is 1. The van der Waals surface area contributed by atoms with Crippen molar-refractivity contribution in [3.8, 4) is 5.75 Å². The summed E-state index contributed by atoms with van der Waals surface area (Å²) in [5.41, 5.74) is 34.5. The minimum absolute atomic E-state index is 0.00145. The summed E-state index contributed by atoms with van der Waals surface area (Å²) < 4.78 is 0. The third-order valence-corrected chi connectivity index (χ3v) is 15.4. The van der Waals surface area contributed by atoms with Crippen LogP contribution in [0.2, 0.25) is 0 Å². The summed E-state index contributed by atoms with van der Waals surface area (Å²) >= 11 is 0. The van der Waals surface area contributed by atoms with Crippen molar-refractivity contribution < 1.29 is 92.7 Å². The minimum Gasteiger partial charge on any atom is -0.508 e. The summed E-state index contributed by atoms with van der Waals surface area (Å²) in [4.78, 5) is 193. The first-order chi connectivity index (χ1) is 46.6. The Morgan fingerprint density at radius 1 is 0.485 bits per heavy atom. The van der Waals surface area contributed by atoms with Crippen molar-refractivity contribution in [3.05, 3.63) is 65.7 Å². The molecule has 12 amide bonds. The molecule has 99 heavy (non-hydrogen) atoms. The van der Waals surface area contributed by atoms with Crippen LogP contribution in [0.5, 0.6) is 5.75 Å². The van der Waals surface area contributed by atoms with Crippen molar-refractivity contribution in [2.45, 2.75) is 197 Å². The lowest BCUT2D eigenvalue weighted by Gasteiger charge is -2.30. The zero-order valence-electron chi connectivity index (χ0n) is 56.2. The van der Waals surface area contributed by atoms with Gasteiger partial charge in [-0.3, -0.25) is 67.3 Å². The quantitative estimate of drug-likeness (QED) is 0.0167. The van der Waals surface area contributed by atoms with Crippen LogP contribution in [0.25, 0.3) is 0 Å². The lowest BCUT2D eigenvalue weighted by Crippen LogP contribution is -2.62. The minimum atomic E-state index is -1.86. The fourth-order valence-corrected chi connectivity index (χ4v) is 9.72. The van der Waals surface area contributed by atoms with E-state index in [1.54, 1.807) is 58.0 Å². The number of benzene rings is 2. The number of aliphatic imine (C=N–C) groups is 1. The lowest BCUT2D eigenvalue weighted by atomic mass is 9.95. The highest BCUT2D eigenvalue weighted by Crippen LogP contribution is 2.16. The van der Waals surface area contributed by atoms with Crippen LogP contribution in [0.3, 0.4) is 0 Å². The number of carbonyl (C=O) groups excluding carboxylic acids is 12. The van der Waals surface area contributed by atoms with Gasteiger partial charge in [0.15, 0.2) is 12.0 Å². The molecule has 0 heterocycles. The second-order valence-electron chi connectivity index (χ2n) is 24.2. The molecule has 0 unspecified atom stereocenters. The number of carboxylic acid groups (broad SMARTS) is 2. The topological polar surface area (TPSA) is 629 Å². The number of nitrogens with two attached hydrogens (primary N) is 6. The highest BCUT2D eigenvalue weighted by molar-refractivity contribution is 6.00. The average Bonchev–Trinajstić information content (AvgIpc) is 0.861. The molecule has 0 spiro atoms. The summed E-state index contributed by atoms with van der Waals surface area (Å²) in [5.74, 6) is -16.6. The Morgan fingerprint density at radius 2 is 0.929 bits per heavy atom. The van der Waals surface area contributed by atoms with Crippen LogP contribution in [-0.4, -0.2) is 207 Å². The van der Waals surface area contributed by atoms with Gasteiger partial charge in [-0.05, 0) is 99.9 Å². The van der Waals surface area contributed by atoms with Gasteiger partial charge in [-0.2, -0.15) is 0 Å². The van der Waals surface area contributed by atoms with Crippen molar-refractivity contribution in [2.24, 2.45) is 51.2 Å². The Bertz CT molecular complexity index is 3080. The number of carbonyl (C=O) groups is 14. The zero-order valence-corrected chi connectivity index (χ0v) is 56.2. The number of guanidine groups is 1. The van der Waals surface area contributed by atoms with Crippen LogP contribution in [0.15, 0.2) is 59.6 Å². The number of aliphatic hydroxyl groups is 2. The second kappa shape index (κ2) is 44.0. The molecule has 550 valence electrons. The maximum atomic E-state index is 14.8. The standard InChI is InChI=1S/C63H99N17O19/c1-6-33(4)50(79-59(95)42(27-32(2)3)75-58(94)45(30-48(67)85)74-52(88)38(65)21-24-49(86)87)61(97)77-44(28-35-13-8-7-9-14-35)56(92)73-41(22-23-47(66)84)55(91)71-39(15-10-11-25-64)53(89)72-40(16-12-26-70-63(68)69)54(90)76-43(29-36-17-19-37(83)20-18-36)57(93)78-46(31-81)60(96)80-51(34(5)82)62(98)99/h7-9,13-14,17-20,32-34,38-46,50-51,81-83H,6,10-12,15-16,21-31,64-65H2,1-5H3,(H2,66,84)(H2,67,85)(H,71,91)(H,72,89)(H,73,92)(H,74,88)(H,75,94)(H,76,90)(H,77,97)(H,78,93)(H,79,95)(H,80,96)(H,86,87)(H,98,99)(H4,68,69,70)/t33-,34+,38-,39-,40-,41-,42-,43-,44-,45-,46-,50-,51-/m0/s1. The highest BCUT2D eigenvalue weighted by Gasteiger charge is 2.38. The van der Waals surface area contributed by atoms with Crippen molar-refractivity contribution in [1.29, 1.82) is 0 Å². The molecule has 0 bridgehead atoms. The van der Waals surface area contributed by atoms with Crippen LogP contribution in [0.1, 0.15) is 123 Å². The normalized spacial score (nSPS) is 15.0. The van der Waals surface area contributed by atoms with Crippen molar-refractivity contribution in [3.63, 3.8) is 0 Å². The van der Waals surface area contributed by atoms with E-state index in [2.05, 4.69) is 52.8 Å². The van der Waals surface area contributed by atoms with E-state index in [0.717, 1.165) is 6.92 Å². The van der Waals surface area contributed by atoms with Gasteiger partial charge in [0.05, 0.1) is 25.2 Å². The van der Waals surface area contributed by atoms with E-state index in [1.807, 2.05) is 5.32 Å². The molecule has 13 atom stereocenters. The summed E-state index contributed by atoms with van der Waals surface area (Å²) in [6, 6.07) is -4.11. The van der Waals surface area contributed by atoms with E-state index in [-0.39, 0.29) is 88.5 Å². The first-order valence-electron chi connectivity index (χ1n) is 32.3. The van der Waals surface area contributed by atoms with Gasteiger partial charge in [-0.25, -0.2) is 4.79 Å². The van der Waals surface area contributed by atoms with Gasteiger partial charge < -0.3 is 113 Å². The molecule has 0 radical (unpaired) electrons.